The van der Waals surface area contributed by atoms with Crippen molar-refractivity contribution < 1.29 is 4.42 Å². The number of hydrogen-bond donors (Lipinski definition) is 2. The van der Waals surface area contributed by atoms with E-state index in [2.05, 4.69) is 17.2 Å². The van der Waals surface area contributed by atoms with Gasteiger partial charge in [0, 0.05) is 23.7 Å². The number of aryl methyl sites for hydroxylation is 2. The Balaban J connectivity index is 1.96. The zero-order valence-corrected chi connectivity index (χ0v) is 12.5. The lowest BCUT2D eigenvalue weighted by molar-refractivity contribution is 0.495. The number of furan rings is 1. The lowest BCUT2D eigenvalue weighted by Gasteiger charge is -2.15. The number of aromatic nitrogens is 1. The Bertz CT molecular complexity index is 581. The Kier molecular flexibility index (Phi) is 4.74. The number of pyridine rings is 1. The normalized spacial score (nSPS) is 12.1. The fourth-order valence-electron chi connectivity index (χ4n) is 2.02. The van der Waals surface area contributed by atoms with Crippen LogP contribution in [0.3, 0.4) is 0 Å². The SMILES string of the molecule is Cc1cc(C(N)=S)cc(NC(C)CCc2ccco2)n1. The molecule has 0 radical (unpaired) electrons. The van der Waals surface area contributed by atoms with Crippen molar-refractivity contribution in [3.8, 4) is 0 Å². The van der Waals surface area contributed by atoms with Crippen molar-refractivity contribution in [1.29, 1.82) is 0 Å². The summed E-state index contributed by atoms with van der Waals surface area (Å²) in [5, 5.41) is 3.37. The van der Waals surface area contributed by atoms with Crippen molar-refractivity contribution in [3.05, 3.63) is 47.5 Å². The molecule has 4 nitrogen and oxygen atoms in total. The third kappa shape index (κ3) is 4.06. The van der Waals surface area contributed by atoms with Gasteiger partial charge in [0.15, 0.2) is 0 Å². The maximum atomic E-state index is 5.67. The quantitative estimate of drug-likeness (QED) is 0.800. The molecule has 0 aliphatic heterocycles. The van der Waals surface area contributed by atoms with E-state index in [0.29, 0.717) is 4.99 Å². The zero-order valence-electron chi connectivity index (χ0n) is 11.7. The monoisotopic (exact) mass is 289 g/mol. The van der Waals surface area contributed by atoms with E-state index in [1.807, 2.05) is 31.2 Å². The molecule has 0 amide bonds. The molecule has 0 bridgehead atoms. The largest absolute Gasteiger partial charge is 0.469 e. The molecule has 1 atom stereocenters. The summed E-state index contributed by atoms with van der Waals surface area (Å²) in [6.07, 6.45) is 3.56. The fraction of sp³-hybridized carbons (Fsp3) is 0.333. The zero-order chi connectivity index (χ0) is 14.5. The van der Waals surface area contributed by atoms with Gasteiger partial charge in [-0.2, -0.15) is 0 Å². The highest BCUT2D eigenvalue weighted by Crippen LogP contribution is 2.13. The number of anilines is 1. The van der Waals surface area contributed by atoms with E-state index in [1.165, 1.54) is 0 Å². The highest BCUT2D eigenvalue weighted by molar-refractivity contribution is 7.80. The molecule has 2 heterocycles. The first-order chi connectivity index (χ1) is 9.54. The Labute approximate surface area is 124 Å². The molecule has 0 spiro atoms. The van der Waals surface area contributed by atoms with E-state index in [1.54, 1.807) is 6.26 Å². The van der Waals surface area contributed by atoms with Gasteiger partial charge >= 0.3 is 0 Å². The summed E-state index contributed by atoms with van der Waals surface area (Å²) in [5.41, 5.74) is 7.41. The van der Waals surface area contributed by atoms with Gasteiger partial charge in [0.05, 0.1) is 6.26 Å². The van der Waals surface area contributed by atoms with Gasteiger partial charge in [-0.15, -0.1) is 0 Å². The highest BCUT2D eigenvalue weighted by atomic mass is 32.1. The van der Waals surface area contributed by atoms with E-state index in [9.17, 15) is 0 Å². The van der Waals surface area contributed by atoms with E-state index in [0.717, 1.165) is 35.7 Å². The Hall–Kier alpha value is -1.88. The van der Waals surface area contributed by atoms with Gasteiger partial charge in [0.1, 0.15) is 16.6 Å². The van der Waals surface area contributed by atoms with Crippen LogP contribution in [0.5, 0.6) is 0 Å². The summed E-state index contributed by atoms with van der Waals surface area (Å²) in [5.74, 6) is 1.81. The van der Waals surface area contributed by atoms with Crippen molar-refractivity contribution in [2.45, 2.75) is 32.7 Å². The van der Waals surface area contributed by atoms with Gasteiger partial charge in [-0.3, -0.25) is 0 Å². The molecular formula is C15H19N3OS. The van der Waals surface area contributed by atoms with Gasteiger partial charge in [-0.25, -0.2) is 4.98 Å². The Morgan fingerprint density at radius 1 is 1.50 bits per heavy atom. The van der Waals surface area contributed by atoms with Crippen molar-refractivity contribution in [1.82, 2.24) is 4.98 Å². The summed E-state index contributed by atoms with van der Waals surface area (Å²) in [4.78, 5) is 4.84. The summed E-state index contributed by atoms with van der Waals surface area (Å²) in [6.45, 7) is 4.05. The molecule has 0 saturated carbocycles. The molecule has 2 rings (SSSR count). The van der Waals surface area contributed by atoms with Crippen LogP contribution in [0, 0.1) is 6.92 Å². The molecule has 20 heavy (non-hydrogen) atoms. The van der Waals surface area contributed by atoms with Crippen LogP contribution in [0.15, 0.2) is 34.9 Å². The first-order valence-corrected chi connectivity index (χ1v) is 7.03. The van der Waals surface area contributed by atoms with Gasteiger partial charge in [-0.1, -0.05) is 12.2 Å². The van der Waals surface area contributed by atoms with Crippen LogP contribution >= 0.6 is 12.2 Å². The van der Waals surface area contributed by atoms with Gasteiger partial charge in [-0.05, 0) is 44.5 Å². The summed E-state index contributed by atoms with van der Waals surface area (Å²) in [7, 11) is 0. The standard InChI is InChI=1S/C15H19N3OS/c1-10(5-6-13-4-3-7-19-13)17-14-9-12(15(16)20)8-11(2)18-14/h3-4,7-10H,5-6H2,1-2H3,(H2,16,20)(H,17,18). The highest BCUT2D eigenvalue weighted by Gasteiger charge is 2.07. The predicted octanol–water partition coefficient (Wildman–Crippen LogP) is 3.05. The molecule has 0 fully saturated rings. The molecule has 2 aromatic rings. The molecule has 0 aromatic carbocycles. The molecule has 106 valence electrons. The van der Waals surface area contributed by atoms with E-state index in [4.69, 9.17) is 22.4 Å². The molecule has 0 saturated heterocycles. The lowest BCUT2D eigenvalue weighted by atomic mass is 10.1. The molecular weight excluding hydrogens is 270 g/mol. The fourth-order valence-corrected chi connectivity index (χ4v) is 2.14. The van der Waals surface area contributed by atoms with Crippen molar-refractivity contribution in [3.63, 3.8) is 0 Å². The van der Waals surface area contributed by atoms with Crippen LogP contribution in [-0.2, 0) is 6.42 Å². The van der Waals surface area contributed by atoms with Gasteiger partial charge in [0.25, 0.3) is 0 Å². The van der Waals surface area contributed by atoms with Crippen molar-refractivity contribution >= 4 is 23.0 Å². The Morgan fingerprint density at radius 2 is 2.30 bits per heavy atom. The van der Waals surface area contributed by atoms with Crippen LogP contribution < -0.4 is 11.1 Å². The maximum Gasteiger partial charge on any atom is 0.127 e. The second kappa shape index (κ2) is 6.52. The molecule has 0 aliphatic rings. The predicted molar refractivity (Wildman–Crippen MR) is 85.0 cm³/mol. The van der Waals surface area contributed by atoms with Crippen molar-refractivity contribution in [2.75, 3.05) is 5.32 Å². The van der Waals surface area contributed by atoms with Crippen molar-refractivity contribution in [2.24, 2.45) is 5.73 Å². The summed E-state index contributed by atoms with van der Waals surface area (Å²) >= 11 is 5.01. The van der Waals surface area contributed by atoms with E-state index < -0.39 is 0 Å². The van der Waals surface area contributed by atoms with Crippen LogP contribution in [0.25, 0.3) is 0 Å². The number of hydrogen-bond acceptors (Lipinski definition) is 4. The number of thiocarbonyl (C=S) groups is 1. The minimum absolute atomic E-state index is 0.286. The average molecular weight is 289 g/mol. The van der Waals surface area contributed by atoms with E-state index >= 15 is 0 Å². The topological polar surface area (TPSA) is 64.1 Å². The number of nitrogens with one attached hydrogen (secondary N) is 1. The molecule has 3 N–H and O–H groups in total. The average Bonchev–Trinajstić information content (AvgIpc) is 2.88. The second-order valence-corrected chi connectivity index (χ2v) is 5.35. The minimum atomic E-state index is 0.286. The first kappa shape index (κ1) is 14.5. The molecule has 2 aromatic heterocycles. The molecule has 1 unspecified atom stereocenters. The van der Waals surface area contributed by atoms with E-state index in [-0.39, 0.29) is 6.04 Å². The van der Waals surface area contributed by atoms with Crippen LogP contribution in [0.1, 0.15) is 30.4 Å². The molecule has 0 aliphatic carbocycles. The molecule has 5 heteroatoms. The van der Waals surface area contributed by atoms with Gasteiger partial charge in [0.2, 0.25) is 0 Å². The van der Waals surface area contributed by atoms with Crippen LogP contribution in [0.4, 0.5) is 5.82 Å². The Morgan fingerprint density at radius 3 is 2.95 bits per heavy atom. The number of rotatable bonds is 6. The second-order valence-electron chi connectivity index (χ2n) is 4.91. The number of nitrogens with two attached hydrogens (primary N) is 1. The van der Waals surface area contributed by atoms with Crippen LogP contribution in [0.2, 0.25) is 0 Å². The smallest absolute Gasteiger partial charge is 0.127 e. The third-order valence-electron chi connectivity index (χ3n) is 3.04. The third-order valence-corrected chi connectivity index (χ3v) is 3.27. The minimum Gasteiger partial charge on any atom is -0.469 e. The van der Waals surface area contributed by atoms with Crippen LogP contribution in [-0.4, -0.2) is 16.0 Å². The number of nitrogens with zero attached hydrogens (tertiary/aromatic N) is 1. The summed E-state index contributed by atoms with van der Waals surface area (Å²) in [6, 6.07) is 7.96. The summed E-state index contributed by atoms with van der Waals surface area (Å²) < 4.78 is 5.33. The van der Waals surface area contributed by atoms with Gasteiger partial charge < -0.3 is 15.5 Å². The maximum absolute atomic E-state index is 5.67. The first-order valence-electron chi connectivity index (χ1n) is 6.62. The lowest BCUT2D eigenvalue weighted by Crippen LogP contribution is -2.18.